The molecule has 0 saturated carbocycles. The largest absolute Gasteiger partial charge is 0.395 e. The Kier molecular flexibility index (Phi) is 5.93. The van der Waals surface area contributed by atoms with Crippen LogP contribution in [-0.2, 0) is 10.0 Å². The van der Waals surface area contributed by atoms with Crippen LogP contribution < -0.4 is 5.73 Å². The van der Waals surface area contributed by atoms with Crippen LogP contribution in [-0.4, -0.2) is 72.3 Å². The molecule has 1 atom stereocenters. The summed E-state index contributed by atoms with van der Waals surface area (Å²) >= 11 is 4.76. The summed E-state index contributed by atoms with van der Waals surface area (Å²) < 4.78 is 25.9. The van der Waals surface area contributed by atoms with E-state index in [9.17, 15) is 8.42 Å². The maximum absolute atomic E-state index is 12.2. The van der Waals surface area contributed by atoms with Crippen molar-refractivity contribution in [3.63, 3.8) is 0 Å². The first-order chi connectivity index (χ1) is 8.39. The molecule has 1 rings (SSSR count). The van der Waals surface area contributed by atoms with Crippen molar-refractivity contribution in [2.24, 2.45) is 5.73 Å². The van der Waals surface area contributed by atoms with E-state index in [1.807, 2.05) is 0 Å². The number of nitrogens with two attached hydrogens (primary N) is 1. The Labute approximate surface area is 114 Å². The van der Waals surface area contributed by atoms with E-state index in [2.05, 4.69) is 4.90 Å². The van der Waals surface area contributed by atoms with Gasteiger partial charge < -0.3 is 10.8 Å². The number of hydrogen-bond acceptors (Lipinski definition) is 5. The zero-order valence-corrected chi connectivity index (χ0v) is 12.2. The minimum absolute atomic E-state index is 0.00598. The van der Waals surface area contributed by atoms with Gasteiger partial charge in [-0.3, -0.25) is 4.90 Å². The van der Waals surface area contributed by atoms with E-state index in [-0.39, 0.29) is 11.6 Å². The van der Waals surface area contributed by atoms with Gasteiger partial charge in [0, 0.05) is 26.2 Å². The highest BCUT2D eigenvalue weighted by molar-refractivity contribution is 7.92. The second-order valence-electron chi connectivity index (χ2n) is 4.41. The Morgan fingerprint density at radius 2 is 2.06 bits per heavy atom. The van der Waals surface area contributed by atoms with E-state index in [0.29, 0.717) is 26.2 Å². The maximum atomic E-state index is 12.2. The molecule has 1 saturated heterocycles. The molecule has 0 aromatic heterocycles. The SMILES string of the molecule is CC(C(N)=S)S(=O)(=O)N1CCCN(CCO)CC1. The molecule has 1 aliphatic rings. The summed E-state index contributed by atoms with van der Waals surface area (Å²) in [4.78, 5) is 2.06. The van der Waals surface area contributed by atoms with Crippen molar-refractivity contribution in [3.8, 4) is 0 Å². The first-order valence-electron chi connectivity index (χ1n) is 6.01. The van der Waals surface area contributed by atoms with Crippen molar-refractivity contribution in [2.45, 2.75) is 18.6 Å². The Morgan fingerprint density at radius 3 is 2.61 bits per heavy atom. The lowest BCUT2D eigenvalue weighted by Crippen LogP contribution is -2.44. The van der Waals surface area contributed by atoms with E-state index in [1.54, 1.807) is 0 Å². The van der Waals surface area contributed by atoms with Crippen molar-refractivity contribution >= 4 is 27.2 Å². The number of β-amino-alcohol motifs (C(OH)–C–C–N with tert-alkyl or cyclic N) is 1. The molecule has 0 radical (unpaired) electrons. The predicted molar refractivity (Wildman–Crippen MR) is 74.9 cm³/mol. The van der Waals surface area contributed by atoms with Gasteiger partial charge in [0.05, 0.1) is 11.6 Å². The van der Waals surface area contributed by atoms with Crippen LogP contribution in [0.1, 0.15) is 13.3 Å². The molecule has 0 aromatic rings. The van der Waals surface area contributed by atoms with Crippen LogP contribution >= 0.6 is 12.2 Å². The van der Waals surface area contributed by atoms with E-state index < -0.39 is 15.3 Å². The fourth-order valence-corrected chi connectivity index (χ4v) is 3.76. The van der Waals surface area contributed by atoms with Crippen LogP contribution in [0.3, 0.4) is 0 Å². The summed E-state index contributed by atoms with van der Waals surface area (Å²) in [5.41, 5.74) is 5.42. The van der Waals surface area contributed by atoms with E-state index in [0.717, 1.165) is 13.0 Å². The van der Waals surface area contributed by atoms with Gasteiger partial charge in [0.15, 0.2) is 0 Å². The molecule has 0 aromatic carbocycles. The monoisotopic (exact) mass is 295 g/mol. The Bertz CT molecular complexity index is 386. The van der Waals surface area contributed by atoms with Crippen molar-refractivity contribution in [1.29, 1.82) is 0 Å². The maximum Gasteiger partial charge on any atom is 0.223 e. The zero-order valence-electron chi connectivity index (χ0n) is 10.6. The summed E-state index contributed by atoms with van der Waals surface area (Å²) in [7, 11) is -3.45. The lowest BCUT2D eigenvalue weighted by atomic mass is 10.4. The van der Waals surface area contributed by atoms with Crippen molar-refractivity contribution < 1.29 is 13.5 Å². The van der Waals surface area contributed by atoms with E-state index >= 15 is 0 Å². The summed E-state index contributed by atoms with van der Waals surface area (Å²) in [5.74, 6) is 0. The second-order valence-corrected chi connectivity index (χ2v) is 7.13. The minimum Gasteiger partial charge on any atom is -0.395 e. The fourth-order valence-electron chi connectivity index (χ4n) is 1.94. The van der Waals surface area contributed by atoms with Crippen LogP contribution in [0.5, 0.6) is 0 Å². The average Bonchev–Trinajstić information content (AvgIpc) is 2.54. The van der Waals surface area contributed by atoms with Gasteiger partial charge in [-0.15, -0.1) is 0 Å². The summed E-state index contributed by atoms with van der Waals surface area (Å²) in [6, 6.07) is 0. The number of rotatable bonds is 5. The van der Waals surface area contributed by atoms with Gasteiger partial charge in [0.1, 0.15) is 5.25 Å². The standard InChI is InChI=1S/C10H21N3O3S2/c1-9(10(11)17)18(15,16)13-4-2-3-12(5-6-13)7-8-14/h9,14H,2-8H2,1H3,(H2,11,17). The third kappa shape index (κ3) is 3.86. The second kappa shape index (κ2) is 6.76. The van der Waals surface area contributed by atoms with Crippen molar-refractivity contribution in [1.82, 2.24) is 9.21 Å². The molecule has 6 nitrogen and oxygen atoms in total. The molecule has 0 bridgehead atoms. The van der Waals surface area contributed by atoms with Crippen LogP contribution in [0.2, 0.25) is 0 Å². The predicted octanol–water partition coefficient (Wildman–Crippen LogP) is -1.01. The van der Waals surface area contributed by atoms with Crippen molar-refractivity contribution in [2.75, 3.05) is 39.3 Å². The van der Waals surface area contributed by atoms with E-state index in [4.69, 9.17) is 23.1 Å². The summed E-state index contributed by atoms with van der Waals surface area (Å²) in [6.07, 6.45) is 0.753. The van der Waals surface area contributed by atoms with Gasteiger partial charge in [0.2, 0.25) is 10.0 Å². The molecule has 18 heavy (non-hydrogen) atoms. The first-order valence-corrected chi connectivity index (χ1v) is 7.92. The number of aliphatic hydroxyl groups excluding tert-OH is 1. The van der Waals surface area contributed by atoms with Crippen LogP contribution in [0.15, 0.2) is 0 Å². The Morgan fingerprint density at radius 1 is 1.39 bits per heavy atom. The molecule has 1 aliphatic heterocycles. The first kappa shape index (κ1) is 15.8. The van der Waals surface area contributed by atoms with Gasteiger partial charge in [-0.25, -0.2) is 8.42 Å². The van der Waals surface area contributed by atoms with Gasteiger partial charge in [0.25, 0.3) is 0 Å². The molecule has 3 N–H and O–H groups in total. The number of nitrogens with zero attached hydrogens (tertiary/aromatic N) is 2. The quantitative estimate of drug-likeness (QED) is 0.632. The third-order valence-corrected chi connectivity index (χ3v) is 5.91. The minimum atomic E-state index is -3.45. The molecule has 1 fully saturated rings. The molecule has 0 aliphatic carbocycles. The van der Waals surface area contributed by atoms with Crippen molar-refractivity contribution in [3.05, 3.63) is 0 Å². The Hall–Kier alpha value is -0.280. The summed E-state index contributed by atoms with van der Waals surface area (Å²) in [5, 5.41) is 8.07. The average molecular weight is 295 g/mol. The van der Waals surface area contributed by atoms with Gasteiger partial charge in [-0.2, -0.15) is 4.31 Å². The molecule has 8 heteroatoms. The number of aliphatic hydroxyl groups is 1. The van der Waals surface area contributed by atoms with Crippen LogP contribution in [0.25, 0.3) is 0 Å². The van der Waals surface area contributed by atoms with Gasteiger partial charge in [-0.05, 0) is 19.9 Å². The number of sulfonamides is 1. The van der Waals surface area contributed by atoms with Gasteiger partial charge >= 0.3 is 0 Å². The lowest BCUT2D eigenvalue weighted by Gasteiger charge is -2.24. The fraction of sp³-hybridized carbons (Fsp3) is 0.900. The van der Waals surface area contributed by atoms with Crippen LogP contribution in [0, 0.1) is 0 Å². The van der Waals surface area contributed by atoms with Crippen LogP contribution in [0.4, 0.5) is 0 Å². The molecule has 0 amide bonds. The third-order valence-electron chi connectivity index (χ3n) is 3.17. The topological polar surface area (TPSA) is 86.9 Å². The normalized spacial score (nSPS) is 21.4. The van der Waals surface area contributed by atoms with Gasteiger partial charge in [-0.1, -0.05) is 12.2 Å². The lowest BCUT2D eigenvalue weighted by molar-refractivity contribution is 0.202. The molecule has 106 valence electrons. The smallest absolute Gasteiger partial charge is 0.223 e. The molecule has 1 heterocycles. The highest BCUT2D eigenvalue weighted by Gasteiger charge is 2.31. The number of hydrogen-bond donors (Lipinski definition) is 2. The zero-order chi connectivity index (χ0) is 13.8. The number of thiocarbonyl (C=S) groups is 1. The van der Waals surface area contributed by atoms with E-state index in [1.165, 1.54) is 11.2 Å². The molecular weight excluding hydrogens is 274 g/mol. The Balaban J connectivity index is 2.70. The highest BCUT2D eigenvalue weighted by atomic mass is 32.2. The molecule has 1 unspecified atom stereocenters. The molecule has 0 spiro atoms. The molecular formula is C10H21N3O3S2. The highest BCUT2D eigenvalue weighted by Crippen LogP contribution is 2.13. The summed E-state index contributed by atoms with van der Waals surface area (Å²) in [6.45, 7) is 4.53.